The van der Waals surface area contributed by atoms with Gasteiger partial charge in [-0.05, 0) is 69.0 Å². The maximum Gasteiger partial charge on any atom is 0.249 e. The number of carbonyl (C=O) groups excluding carboxylic acids is 2. The van der Waals surface area contributed by atoms with Crippen molar-refractivity contribution < 1.29 is 9.59 Å². The van der Waals surface area contributed by atoms with E-state index >= 15 is 0 Å². The van der Waals surface area contributed by atoms with Crippen molar-refractivity contribution in [2.45, 2.75) is 50.2 Å². The fourth-order valence-corrected chi connectivity index (χ4v) is 5.59. The number of piperidine rings is 3. The quantitative estimate of drug-likeness (QED) is 0.662. The van der Waals surface area contributed by atoms with Crippen molar-refractivity contribution in [2.75, 3.05) is 42.9 Å². The second kappa shape index (κ2) is 7.95. The van der Waals surface area contributed by atoms with Crippen LogP contribution >= 0.6 is 0 Å². The molecule has 3 atom stereocenters. The molecule has 2 bridgehead atoms. The summed E-state index contributed by atoms with van der Waals surface area (Å²) in [5.74, 6) is 0.363. The largest absolute Gasteiger partial charge is 0.374 e. The molecule has 3 N–H and O–H groups in total. The molecule has 29 heavy (non-hydrogen) atoms. The van der Waals surface area contributed by atoms with Gasteiger partial charge in [-0.25, -0.2) is 0 Å². The maximum atomic E-state index is 12.0. The van der Waals surface area contributed by atoms with Gasteiger partial charge in [0, 0.05) is 49.5 Å². The zero-order chi connectivity index (χ0) is 19.8. The van der Waals surface area contributed by atoms with Gasteiger partial charge < -0.3 is 15.5 Å². The van der Waals surface area contributed by atoms with Crippen LogP contribution in [0, 0.1) is 5.92 Å². The lowest BCUT2D eigenvalue weighted by Crippen LogP contribution is -2.48. The molecular formula is C22H31N5O2. The fraction of sp³-hybridized carbons (Fsp3) is 0.636. The molecule has 3 unspecified atom stereocenters. The van der Waals surface area contributed by atoms with Gasteiger partial charge in [-0.15, -0.1) is 0 Å². The van der Waals surface area contributed by atoms with Gasteiger partial charge in [-0.1, -0.05) is 0 Å². The molecule has 5 rings (SSSR count). The van der Waals surface area contributed by atoms with Crippen LogP contribution in [0.3, 0.4) is 0 Å². The van der Waals surface area contributed by atoms with E-state index in [1.54, 1.807) is 0 Å². The first-order valence-corrected chi connectivity index (χ1v) is 11.1. The third-order valence-corrected chi connectivity index (χ3v) is 7.04. The molecule has 4 heterocycles. The van der Waals surface area contributed by atoms with Gasteiger partial charge in [-0.3, -0.25) is 19.8 Å². The van der Waals surface area contributed by atoms with Crippen LogP contribution in [0.5, 0.6) is 0 Å². The lowest BCUT2D eigenvalue weighted by molar-refractivity contribution is -0.133. The minimum Gasteiger partial charge on any atom is -0.374 e. The van der Waals surface area contributed by atoms with E-state index in [1.165, 1.54) is 31.5 Å². The lowest BCUT2D eigenvalue weighted by atomic mass is 9.98. The summed E-state index contributed by atoms with van der Waals surface area (Å²) in [6.45, 7) is 5.81. The Morgan fingerprint density at radius 3 is 2.48 bits per heavy atom. The highest BCUT2D eigenvalue weighted by Crippen LogP contribution is 2.35. The number of nitrogens with zero attached hydrogens (tertiary/aromatic N) is 2. The Morgan fingerprint density at radius 2 is 1.72 bits per heavy atom. The predicted molar refractivity (Wildman–Crippen MR) is 113 cm³/mol. The monoisotopic (exact) mass is 397 g/mol. The highest BCUT2D eigenvalue weighted by atomic mass is 16.2. The first kappa shape index (κ1) is 18.9. The van der Waals surface area contributed by atoms with E-state index < -0.39 is 0 Å². The smallest absolute Gasteiger partial charge is 0.249 e. The molecule has 4 aliphatic heterocycles. The predicted octanol–water partition coefficient (Wildman–Crippen LogP) is 1.17. The van der Waals surface area contributed by atoms with E-state index in [-0.39, 0.29) is 17.9 Å². The van der Waals surface area contributed by atoms with Crippen molar-refractivity contribution in [3.63, 3.8) is 0 Å². The third-order valence-electron chi connectivity index (χ3n) is 7.04. The van der Waals surface area contributed by atoms with Gasteiger partial charge in [0.2, 0.25) is 11.8 Å². The summed E-state index contributed by atoms with van der Waals surface area (Å²) < 4.78 is 0. The number of imide groups is 1. The van der Waals surface area contributed by atoms with E-state index in [0.717, 1.165) is 43.8 Å². The van der Waals surface area contributed by atoms with E-state index in [1.807, 2.05) is 0 Å². The minimum absolute atomic E-state index is 0.179. The average Bonchev–Trinajstić information content (AvgIpc) is 3.05. The van der Waals surface area contributed by atoms with E-state index in [0.29, 0.717) is 18.9 Å². The van der Waals surface area contributed by atoms with Crippen LogP contribution in [-0.4, -0.2) is 67.6 Å². The zero-order valence-corrected chi connectivity index (χ0v) is 16.9. The average molecular weight is 398 g/mol. The number of nitrogens with one attached hydrogen (secondary N) is 3. The van der Waals surface area contributed by atoms with E-state index in [9.17, 15) is 9.59 Å². The van der Waals surface area contributed by atoms with Crippen molar-refractivity contribution in [1.29, 1.82) is 0 Å². The summed E-state index contributed by atoms with van der Waals surface area (Å²) in [6.07, 6.45) is 4.85. The summed E-state index contributed by atoms with van der Waals surface area (Å²) in [4.78, 5) is 28.6. The lowest BCUT2D eigenvalue weighted by Gasteiger charge is -2.38. The normalized spacial score (nSPS) is 31.0. The third kappa shape index (κ3) is 3.98. The van der Waals surface area contributed by atoms with E-state index in [4.69, 9.17) is 0 Å². The topological polar surface area (TPSA) is 76.7 Å². The summed E-state index contributed by atoms with van der Waals surface area (Å²) in [5, 5.41) is 9.15. The Kier molecular flexibility index (Phi) is 5.18. The van der Waals surface area contributed by atoms with Gasteiger partial charge in [0.15, 0.2) is 0 Å². The number of anilines is 2. The fourth-order valence-electron chi connectivity index (χ4n) is 5.59. The zero-order valence-electron chi connectivity index (χ0n) is 16.9. The molecule has 4 aliphatic rings. The van der Waals surface area contributed by atoms with Crippen molar-refractivity contribution in [2.24, 2.45) is 5.92 Å². The second-order valence-electron chi connectivity index (χ2n) is 9.03. The number of hydrogen-bond donors (Lipinski definition) is 3. The van der Waals surface area contributed by atoms with Gasteiger partial charge in [0.1, 0.15) is 6.04 Å². The van der Waals surface area contributed by atoms with Crippen molar-refractivity contribution in [3.8, 4) is 0 Å². The van der Waals surface area contributed by atoms with Gasteiger partial charge in [-0.2, -0.15) is 0 Å². The summed E-state index contributed by atoms with van der Waals surface area (Å²) in [5.41, 5.74) is 2.19. The van der Waals surface area contributed by atoms with Crippen LogP contribution in [-0.2, 0) is 9.59 Å². The summed E-state index contributed by atoms with van der Waals surface area (Å²) in [6, 6.07) is 9.54. The molecule has 1 aromatic rings. The number of benzene rings is 1. The Hall–Kier alpha value is -2.12. The SMILES string of the molecule is O=C1CCC(Nc2ccc(N3CC4CC(C3)N(C3CCNCC3)C4)cc2)C(=O)N1. The molecule has 0 aromatic heterocycles. The molecular weight excluding hydrogens is 366 g/mol. The number of likely N-dealkylation sites (tertiary alicyclic amines) is 1. The number of amides is 2. The standard InChI is InChI=1S/C22H31N5O2/c28-21-6-5-20(22(29)25-21)24-16-1-3-17(4-2-16)26-12-15-11-19(14-26)27(13-15)18-7-9-23-10-8-18/h1-4,15,18-20,23-24H,5-14H2,(H,25,28,29). The Labute approximate surface area is 172 Å². The molecule has 0 saturated carbocycles. The minimum atomic E-state index is -0.331. The molecule has 0 spiro atoms. The van der Waals surface area contributed by atoms with Crippen LogP contribution in [0.25, 0.3) is 0 Å². The van der Waals surface area contributed by atoms with Gasteiger partial charge in [0.25, 0.3) is 0 Å². The van der Waals surface area contributed by atoms with Crippen LogP contribution in [0.15, 0.2) is 24.3 Å². The number of carbonyl (C=O) groups is 2. The number of fused-ring (bicyclic) bond motifs is 2. The molecule has 156 valence electrons. The first-order valence-electron chi connectivity index (χ1n) is 11.1. The molecule has 0 aliphatic carbocycles. The number of hydrogen-bond acceptors (Lipinski definition) is 6. The second-order valence-corrected chi connectivity index (χ2v) is 9.03. The van der Waals surface area contributed by atoms with Crippen molar-refractivity contribution >= 4 is 23.2 Å². The Bertz CT molecular complexity index is 761. The molecule has 7 nitrogen and oxygen atoms in total. The van der Waals surface area contributed by atoms with Crippen LogP contribution in [0.1, 0.15) is 32.1 Å². The highest BCUT2D eigenvalue weighted by molar-refractivity contribution is 6.01. The molecule has 2 amide bonds. The molecule has 7 heteroatoms. The Morgan fingerprint density at radius 1 is 0.931 bits per heavy atom. The van der Waals surface area contributed by atoms with Crippen LogP contribution in [0.2, 0.25) is 0 Å². The van der Waals surface area contributed by atoms with Gasteiger partial charge >= 0.3 is 0 Å². The molecule has 1 aromatic carbocycles. The van der Waals surface area contributed by atoms with Crippen molar-refractivity contribution in [1.82, 2.24) is 15.5 Å². The van der Waals surface area contributed by atoms with E-state index in [2.05, 4.69) is 50.0 Å². The highest BCUT2D eigenvalue weighted by Gasteiger charge is 2.41. The van der Waals surface area contributed by atoms with Gasteiger partial charge in [0.05, 0.1) is 0 Å². The summed E-state index contributed by atoms with van der Waals surface area (Å²) in [7, 11) is 0. The first-order chi connectivity index (χ1) is 14.2. The maximum absolute atomic E-state index is 12.0. The number of rotatable bonds is 4. The Balaban J connectivity index is 1.21. The molecule has 4 saturated heterocycles. The summed E-state index contributed by atoms with van der Waals surface area (Å²) >= 11 is 0. The van der Waals surface area contributed by atoms with Crippen LogP contribution in [0.4, 0.5) is 11.4 Å². The van der Waals surface area contributed by atoms with Crippen LogP contribution < -0.4 is 20.9 Å². The molecule has 0 radical (unpaired) electrons. The molecule has 4 fully saturated rings. The van der Waals surface area contributed by atoms with Crippen molar-refractivity contribution in [3.05, 3.63) is 24.3 Å².